The Morgan fingerprint density at radius 1 is 1.25 bits per heavy atom. The van der Waals surface area contributed by atoms with E-state index in [1.165, 1.54) is 12.1 Å². The molecule has 1 unspecified atom stereocenters. The van der Waals surface area contributed by atoms with Crippen LogP contribution >= 0.6 is 0 Å². The fourth-order valence-electron chi connectivity index (χ4n) is 2.04. The minimum Gasteiger partial charge on any atom is -0.300 e. The molecule has 1 atom stereocenters. The SMILES string of the molecule is CCC(C)N(CC)CCS(=O)(=O)c1ccc(C#N)cc1. The number of benzene rings is 1. The third kappa shape index (κ3) is 4.32. The van der Waals surface area contributed by atoms with Gasteiger partial charge in [0.05, 0.1) is 22.3 Å². The average molecular weight is 294 g/mol. The van der Waals surface area contributed by atoms with Crippen LogP contribution in [0.15, 0.2) is 29.2 Å². The van der Waals surface area contributed by atoms with Crippen molar-refractivity contribution in [2.45, 2.75) is 38.1 Å². The molecule has 0 fully saturated rings. The van der Waals surface area contributed by atoms with Gasteiger partial charge in [-0.05, 0) is 44.2 Å². The van der Waals surface area contributed by atoms with Gasteiger partial charge in [0.2, 0.25) is 0 Å². The van der Waals surface area contributed by atoms with Gasteiger partial charge in [0, 0.05) is 12.6 Å². The molecular weight excluding hydrogens is 272 g/mol. The van der Waals surface area contributed by atoms with Gasteiger partial charge in [-0.15, -0.1) is 0 Å². The Morgan fingerprint density at radius 2 is 1.85 bits per heavy atom. The minimum atomic E-state index is -3.28. The first kappa shape index (κ1) is 16.7. The van der Waals surface area contributed by atoms with Gasteiger partial charge in [-0.3, -0.25) is 4.90 Å². The van der Waals surface area contributed by atoms with Crippen LogP contribution in [0.1, 0.15) is 32.8 Å². The number of rotatable bonds is 7. The van der Waals surface area contributed by atoms with Gasteiger partial charge in [-0.1, -0.05) is 13.8 Å². The summed E-state index contributed by atoms with van der Waals surface area (Å²) in [6.45, 7) is 7.63. The van der Waals surface area contributed by atoms with E-state index in [-0.39, 0.29) is 10.6 Å². The summed E-state index contributed by atoms with van der Waals surface area (Å²) in [6.07, 6.45) is 1.00. The second-order valence-electron chi connectivity index (χ2n) is 4.84. The summed E-state index contributed by atoms with van der Waals surface area (Å²) < 4.78 is 24.5. The molecule has 0 radical (unpaired) electrons. The topological polar surface area (TPSA) is 61.2 Å². The van der Waals surface area contributed by atoms with Crippen molar-refractivity contribution < 1.29 is 8.42 Å². The normalized spacial score (nSPS) is 13.2. The molecule has 0 N–H and O–H groups in total. The molecule has 0 bridgehead atoms. The maximum absolute atomic E-state index is 12.3. The van der Waals surface area contributed by atoms with Gasteiger partial charge in [-0.2, -0.15) is 5.26 Å². The molecular formula is C15H22N2O2S. The summed E-state index contributed by atoms with van der Waals surface area (Å²) in [4.78, 5) is 2.46. The van der Waals surface area contributed by atoms with Crippen LogP contribution in [0.25, 0.3) is 0 Å². The van der Waals surface area contributed by atoms with E-state index in [9.17, 15) is 8.42 Å². The zero-order valence-corrected chi connectivity index (χ0v) is 13.2. The van der Waals surface area contributed by atoms with E-state index < -0.39 is 9.84 Å². The Morgan fingerprint density at radius 3 is 2.30 bits per heavy atom. The van der Waals surface area contributed by atoms with Gasteiger partial charge < -0.3 is 0 Å². The molecule has 0 spiro atoms. The summed E-state index contributed by atoms with van der Waals surface area (Å²) in [5.41, 5.74) is 0.471. The largest absolute Gasteiger partial charge is 0.300 e. The van der Waals surface area contributed by atoms with Crippen LogP contribution in [0, 0.1) is 11.3 Å². The standard InChI is InChI=1S/C15H22N2O2S/c1-4-13(3)17(5-2)10-11-20(18,19)15-8-6-14(12-16)7-9-15/h6-9,13H,4-5,10-11H2,1-3H3. The highest BCUT2D eigenvalue weighted by Crippen LogP contribution is 2.13. The molecule has 1 rings (SSSR count). The van der Waals surface area contributed by atoms with Gasteiger partial charge in [0.25, 0.3) is 0 Å². The molecule has 1 aromatic rings. The average Bonchev–Trinajstić information content (AvgIpc) is 2.47. The fraction of sp³-hybridized carbons (Fsp3) is 0.533. The highest BCUT2D eigenvalue weighted by atomic mass is 32.2. The van der Waals surface area contributed by atoms with Crippen molar-refractivity contribution in [3.8, 4) is 6.07 Å². The van der Waals surface area contributed by atoms with E-state index in [1.807, 2.05) is 13.0 Å². The molecule has 110 valence electrons. The third-order valence-electron chi connectivity index (χ3n) is 3.61. The number of sulfone groups is 1. The molecule has 0 saturated heterocycles. The highest BCUT2D eigenvalue weighted by Gasteiger charge is 2.18. The van der Waals surface area contributed by atoms with Crippen molar-refractivity contribution in [1.29, 1.82) is 5.26 Å². The molecule has 0 saturated carbocycles. The van der Waals surface area contributed by atoms with Crippen LogP contribution in [-0.2, 0) is 9.84 Å². The molecule has 5 heteroatoms. The first-order valence-electron chi connectivity index (χ1n) is 6.91. The lowest BCUT2D eigenvalue weighted by molar-refractivity contribution is 0.227. The zero-order chi connectivity index (χ0) is 15.2. The number of nitrogens with zero attached hydrogens (tertiary/aromatic N) is 2. The van der Waals surface area contributed by atoms with E-state index in [2.05, 4.69) is 18.7 Å². The van der Waals surface area contributed by atoms with Crippen LogP contribution in [0.3, 0.4) is 0 Å². The molecule has 20 heavy (non-hydrogen) atoms. The van der Waals surface area contributed by atoms with Crippen molar-refractivity contribution >= 4 is 9.84 Å². The van der Waals surface area contributed by atoms with Gasteiger partial charge >= 0.3 is 0 Å². The maximum Gasteiger partial charge on any atom is 0.179 e. The zero-order valence-electron chi connectivity index (χ0n) is 12.3. The Balaban J connectivity index is 2.76. The lowest BCUT2D eigenvalue weighted by Gasteiger charge is -2.26. The molecule has 1 aromatic carbocycles. The van der Waals surface area contributed by atoms with Crippen LogP contribution < -0.4 is 0 Å². The third-order valence-corrected chi connectivity index (χ3v) is 5.32. The van der Waals surface area contributed by atoms with Crippen molar-refractivity contribution in [2.75, 3.05) is 18.8 Å². The van der Waals surface area contributed by atoms with E-state index in [4.69, 9.17) is 5.26 Å². The predicted molar refractivity (Wildman–Crippen MR) is 80.2 cm³/mol. The predicted octanol–water partition coefficient (Wildman–Crippen LogP) is 2.45. The second-order valence-corrected chi connectivity index (χ2v) is 6.95. The Bertz CT molecular complexity index is 559. The van der Waals surface area contributed by atoms with E-state index >= 15 is 0 Å². The van der Waals surface area contributed by atoms with E-state index in [1.54, 1.807) is 12.1 Å². The Hall–Kier alpha value is -1.38. The minimum absolute atomic E-state index is 0.108. The number of hydrogen-bond donors (Lipinski definition) is 0. The van der Waals surface area contributed by atoms with Gasteiger partial charge in [0.15, 0.2) is 9.84 Å². The van der Waals surface area contributed by atoms with Gasteiger partial charge in [0.1, 0.15) is 0 Å². The summed E-state index contributed by atoms with van der Waals surface area (Å²) in [5.74, 6) is 0.108. The Labute approximate surface area is 121 Å². The van der Waals surface area contributed by atoms with Crippen LogP contribution in [0.5, 0.6) is 0 Å². The summed E-state index contributed by atoms with van der Waals surface area (Å²) in [7, 11) is -3.28. The smallest absolute Gasteiger partial charge is 0.179 e. The highest BCUT2D eigenvalue weighted by molar-refractivity contribution is 7.91. The quantitative estimate of drug-likeness (QED) is 0.775. The molecule has 0 aliphatic carbocycles. The van der Waals surface area contributed by atoms with Gasteiger partial charge in [-0.25, -0.2) is 8.42 Å². The molecule has 0 heterocycles. The fourth-order valence-corrected chi connectivity index (χ4v) is 3.30. The monoisotopic (exact) mass is 294 g/mol. The number of hydrogen-bond acceptors (Lipinski definition) is 4. The van der Waals surface area contributed by atoms with Crippen LogP contribution in [0.2, 0.25) is 0 Å². The molecule has 0 aliphatic heterocycles. The van der Waals surface area contributed by atoms with Crippen LogP contribution in [-0.4, -0.2) is 38.2 Å². The first-order valence-corrected chi connectivity index (χ1v) is 8.56. The first-order chi connectivity index (χ1) is 9.44. The lowest BCUT2D eigenvalue weighted by atomic mass is 10.2. The summed E-state index contributed by atoms with van der Waals surface area (Å²) in [6, 6.07) is 8.47. The Kier molecular flexibility index (Phi) is 6.18. The lowest BCUT2D eigenvalue weighted by Crippen LogP contribution is -2.36. The van der Waals surface area contributed by atoms with Crippen LogP contribution in [0.4, 0.5) is 0 Å². The van der Waals surface area contributed by atoms with Crippen molar-refractivity contribution in [1.82, 2.24) is 4.90 Å². The van der Waals surface area contributed by atoms with E-state index in [0.29, 0.717) is 18.2 Å². The van der Waals surface area contributed by atoms with Crippen molar-refractivity contribution in [3.05, 3.63) is 29.8 Å². The second kappa shape index (κ2) is 7.41. The number of nitriles is 1. The molecule has 4 nitrogen and oxygen atoms in total. The molecule has 0 aliphatic rings. The molecule has 0 aromatic heterocycles. The summed E-state index contributed by atoms with van der Waals surface area (Å²) >= 11 is 0. The maximum atomic E-state index is 12.3. The van der Waals surface area contributed by atoms with E-state index in [0.717, 1.165) is 13.0 Å². The van der Waals surface area contributed by atoms with Crippen molar-refractivity contribution in [3.63, 3.8) is 0 Å². The molecule has 0 amide bonds. The summed E-state index contributed by atoms with van der Waals surface area (Å²) in [5, 5.41) is 8.72. The van der Waals surface area contributed by atoms with Crippen molar-refractivity contribution in [2.24, 2.45) is 0 Å².